The Hall–Kier alpha value is -0.160. The van der Waals surface area contributed by atoms with Crippen LogP contribution in [0.3, 0.4) is 0 Å². The molecule has 4 nitrogen and oxygen atoms in total. The summed E-state index contributed by atoms with van der Waals surface area (Å²) in [5.74, 6) is 0. The van der Waals surface area contributed by atoms with E-state index in [-0.39, 0.29) is 6.10 Å². The lowest BCUT2D eigenvalue weighted by molar-refractivity contribution is -0.0584. The molecule has 1 fully saturated rings. The van der Waals surface area contributed by atoms with E-state index in [1.807, 2.05) is 0 Å². The Bertz CT molecular complexity index is 172. The molecule has 102 valence electrons. The van der Waals surface area contributed by atoms with E-state index in [4.69, 9.17) is 14.2 Å². The zero-order valence-electron chi connectivity index (χ0n) is 11.2. The summed E-state index contributed by atoms with van der Waals surface area (Å²) in [6, 6.07) is 0. The highest BCUT2D eigenvalue weighted by molar-refractivity contribution is 4.64. The Morgan fingerprint density at radius 1 is 1.41 bits per heavy atom. The lowest BCUT2D eigenvalue weighted by Gasteiger charge is -2.24. The zero-order valence-corrected chi connectivity index (χ0v) is 11.2. The summed E-state index contributed by atoms with van der Waals surface area (Å²) in [7, 11) is 1.73. The summed E-state index contributed by atoms with van der Waals surface area (Å²) in [5, 5.41) is 3.36. The van der Waals surface area contributed by atoms with Crippen molar-refractivity contribution in [3.63, 3.8) is 0 Å². The third-order valence-electron chi connectivity index (χ3n) is 2.97. The van der Waals surface area contributed by atoms with Crippen LogP contribution in [0.25, 0.3) is 0 Å². The molecule has 2 atom stereocenters. The van der Waals surface area contributed by atoms with Crippen molar-refractivity contribution in [1.82, 2.24) is 5.32 Å². The van der Waals surface area contributed by atoms with Crippen molar-refractivity contribution in [1.29, 1.82) is 0 Å². The molecule has 17 heavy (non-hydrogen) atoms. The lowest BCUT2D eigenvalue weighted by Crippen LogP contribution is -2.32. The minimum absolute atomic E-state index is 0.253. The molecule has 2 unspecified atom stereocenters. The Morgan fingerprint density at radius 2 is 2.29 bits per heavy atom. The van der Waals surface area contributed by atoms with Crippen LogP contribution in [0.1, 0.15) is 32.6 Å². The van der Waals surface area contributed by atoms with Crippen molar-refractivity contribution in [3.05, 3.63) is 0 Å². The van der Waals surface area contributed by atoms with E-state index < -0.39 is 0 Å². The second kappa shape index (κ2) is 9.83. The fourth-order valence-electron chi connectivity index (χ4n) is 1.92. The highest BCUT2D eigenvalue weighted by Crippen LogP contribution is 2.13. The second-order valence-electron chi connectivity index (χ2n) is 4.68. The first-order valence-electron chi connectivity index (χ1n) is 6.75. The predicted molar refractivity (Wildman–Crippen MR) is 68.4 cm³/mol. The van der Waals surface area contributed by atoms with Crippen LogP contribution < -0.4 is 5.32 Å². The van der Waals surface area contributed by atoms with Crippen LogP contribution in [0, 0.1) is 0 Å². The van der Waals surface area contributed by atoms with Crippen molar-refractivity contribution in [2.24, 2.45) is 0 Å². The Labute approximate surface area is 105 Å². The van der Waals surface area contributed by atoms with Gasteiger partial charge in [0.2, 0.25) is 0 Å². The van der Waals surface area contributed by atoms with Crippen molar-refractivity contribution < 1.29 is 14.2 Å². The molecule has 0 aromatic carbocycles. The van der Waals surface area contributed by atoms with Crippen LogP contribution in [0.2, 0.25) is 0 Å². The molecule has 1 aliphatic heterocycles. The molecule has 0 aromatic heterocycles. The summed E-state index contributed by atoms with van der Waals surface area (Å²) < 4.78 is 16.4. The number of methoxy groups -OCH3 is 1. The summed E-state index contributed by atoms with van der Waals surface area (Å²) >= 11 is 0. The Kier molecular flexibility index (Phi) is 8.61. The normalized spacial score (nSPS) is 22.6. The number of hydrogen-bond donors (Lipinski definition) is 1. The van der Waals surface area contributed by atoms with Crippen LogP contribution in [0.5, 0.6) is 0 Å². The smallest absolute Gasteiger partial charge is 0.0808 e. The molecule has 4 heteroatoms. The van der Waals surface area contributed by atoms with Gasteiger partial charge in [0.15, 0.2) is 0 Å². The third kappa shape index (κ3) is 7.71. The van der Waals surface area contributed by atoms with Gasteiger partial charge in [-0.25, -0.2) is 0 Å². The van der Waals surface area contributed by atoms with Crippen LogP contribution in [-0.2, 0) is 14.2 Å². The van der Waals surface area contributed by atoms with E-state index in [0.29, 0.717) is 6.10 Å². The van der Waals surface area contributed by atoms with Crippen LogP contribution in [0.4, 0.5) is 0 Å². The molecule has 0 saturated carbocycles. The molecule has 0 aliphatic carbocycles. The predicted octanol–water partition coefficient (Wildman–Crippen LogP) is 1.59. The van der Waals surface area contributed by atoms with Crippen LogP contribution in [0.15, 0.2) is 0 Å². The van der Waals surface area contributed by atoms with E-state index in [2.05, 4.69) is 12.2 Å². The quantitative estimate of drug-likeness (QED) is 0.626. The van der Waals surface area contributed by atoms with Crippen molar-refractivity contribution >= 4 is 0 Å². The van der Waals surface area contributed by atoms with Gasteiger partial charge in [-0.3, -0.25) is 0 Å². The largest absolute Gasteiger partial charge is 0.385 e. The standard InChI is InChI=1S/C13H27NO3/c1-12(10-14-7-5-8-15-2)17-11-13-6-3-4-9-16-13/h12-14H,3-11H2,1-2H3. The highest BCUT2D eigenvalue weighted by Gasteiger charge is 2.14. The molecule has 0 radical (unpaired) electrons. The molecule has 0 spiro atoms. The first-order valence-corrected chi connectivity index (χ1v) is 6.75. The number of rotatable bonds is 9. The van der Waals surface area contributed by atoms with Crippen molar-refractivity contribution in [2.45, 2.75) is 44.8 Å². The maximum atomic E-state index is 5.77. The Morgan fingerprint density at radius 3 is 3.00 bits per heavy atom. The number of nitrogens with one attached hydrogen (secondary N) is 1. The highest BCUT2D eigenvalue weighted by atomic mass is 16.5. The molecule has 1 heterocycles. The van der Waals surface area contributed by atoms with E-state index in [1.165, 1.54) is 12.8 Å². The summed E-state index contributed by atoms with van der Waals surface area (Å²) in [4.78, 5) is 0. The minimum Gasteiger partial charge on any atom is -0.385 e. The summed E-state index contributed by atoms with van der Waals surface area (Å²) in [6.07, 6.45) is 5.25. The molecule has 1 aliphatic rings. The SMILES string of the molecule is COCCCNCC(C)OCC1CCCCO1. The molecular formula is C13H27NO3. The van der Waals surface area contributed by atoms with E-state index in [1.54, 1.807) is 7.11 Å². The first-order chi connectivity index (χ1) is 8.33. The fourth-order valence-corrected chi connectivity index (χ4v) is 1.92. The molecule has 0 amide bonds. The van der Waals surface area contributed by atoms with Crippen molar-refractivity contribution in [3.8, 4) is 0 Å². The van der Waals surface area contributed by atoms with Gasteiger partial charge in [0.05, 0.1) is 18.8 Å². The average Bonchev–Trinajstić information content (AvgIpc) is 2.37. The van der Waals surface area contributed by atoms with Crippen LogP contribution >= 0.6 is 0 Å². The summed E-state index contributed by atoms with van der Waals surface area (Å²) in [6.45, 7) is 6.45. The van der Waals surface area contributed by atoms with Gasteiger partial charge in [-0.05, 0) is 39.2 Å². The molecule has 0 aromatic rings. The topological polar surface area (TPSA) is 39.7 Å². The number of hydrogen-bond acceptors (Lipinski definition) is 4. The van der Waals surface area contributed by atoms with E-state index >= 15 is 0 Å². The van der Waals surface area contributed by atoms with Gasteiger partial charge in [0.25, 0.3) is 0 Å². The summed E-state index contributed by atoms with van der Waals surface area (Å²) in [5.41, 5.74) is 0. The molecule has 0 bridgehead atoms. The minimum atomic E-state index is 0.253. The van der Waals surface area contributed by atoms with Gasteiger partial charge < -0.3 is 19.5 Å². The van der Waals surface area contributed by atoms with Gasteiger partial charge in [-0.15, -0.1) is 0 Å². The fraction of sp³-hybridized carbons (Fsp3) is 1.00. The second-order valence-corrected chi connectivity index (χ2v) is 4.68. The Balaban J connectivity index is 1.91. The molecule has 1 N–H and O–H groups in total. The first kappa shape index (κ1) is 14.9. The van der Waals surface area contributed by atoms with Gasteiger partial charge in [-0.2, -0.15) is 0 Å². The molecular weight excluding hydrogens is 218 g/mol. The van der Waals surface area contributed by atoms with Gasteiger partial charge >= 0.3 is 0 Å². The molecule has 1 saturated heterocycles. The van der Waals surface area contributed by atoms with E-state index in [0.717, 1.165) is 45.8 Å². The number of ether oxygens (including phenoxy) is 3. The maximum Gasteiger partial charge on any atom is 0.0808 e. The monoisotopic (exact) mass is 245 g/mol. The van der Waals surface area contributed by atoms with Gasteiger partial charge in [0.1, 0.15) is 0 Å². The third-order valence-corrected chi connectivity index (χ3v) is 2.97. The average molecular weight is 245 g/mol. The van der Waals surface area contributed by atoms with Crippen LogP contribution in [-0.4, -0.2) is 52.2 Å². The molecule has 1 rings (SSSR count). The van der Waals surface area contributed by atoms with Crippen molar-refractivity contribution in [2.75, 3.05) is 40.0 Å². The van der Waals surface area contributed by atoms with Gasteiger partial charge in [-0.1, -0.05) is 0 Å². The van der Waals surface area contributed by atoms with E-state index in [9.17, 15) is 0 Å². The lowest BCUT2D eigenvalue weighted by atomic mass is 10.1. The van der Waals surface area contributed by atoms with Gasteiger partial charge in [0, 0.05) is 26.9 Å². The zero-order chi connectivity index (χ0) is 12.3. The maximum absolute atomic E-state index is 5.77.